The number of aryl methyl sites for hydroxylation is 1. The van der Waals surface area contributed by atoms with Crippen LogP contribution in [0.4, 0.5) is 0 Å². The predicted octanol–water partition coefficient (Wildman–Crippen LogP) is 0.256. The number of aromatic nitrogens is 3. The van der Waals surface area contributed by atoms with E-state index >= 15 is 0 Å². The average Bonchev–Trinajstić information content (AvgIpc) is 3.11. The van der Waals surface area contributed by atoms with E-state index in [1.807, 2.05) is 13.1 Å². The third-order valence-corrected chi connectivity index (χ3v) is 3.96. The minimum absolute atomic E-state index is 0.134. The lowest BCUT2D eigenvalue weighted by molar-refractivity contribution is -0.120. The maximum Gasteiger partial charge on any atom is 0.263 e. The molecule has 2 N–H and O–H groups in total. The molecule has 2 amide bonds. The summed E-state index contributed by atoms with van der Waals surface area (Å²) in [6, 6.07) is -0.444. The summed E-state index contributed by atoms with van der Waals surface area (Å²) in [6.07, 6.45) is 5.68. The maximum atomic E-state index is 12.0. The zero-order valence-corrected chi connectivity index (χ0v) is 11.6. The van der Waals surface area contributed by atoms with Gasteiger partial charge in [0, 0.05) is 12.7 Å². The molecule has 1 saturated heterocycles. The molecule has 7 nitrogen and oxygen atoms in total. The van der Waals surface area contributed by atoms with Gasteiger partial charge in [0.1, 0.15) is 10.9 Å². The lowest BCUT2D eigenvalue weighted by Gasteiger charge is -2.07. The largest absolute Gasteiger partial charge is 0.354 e. The minimum Gasteiger partial charge on any atom is -0.354 e. The van der Waals surface area contributed by atoms with E-state index in [0.717, 1.165) is 5.56 Å². The van der Waals surface area contributed by atoms with Gasteiger partial charge in [-0.2, -0.15) is 5.10 Å². The minimum atomic E-state index is -0.444. The molecule has 3 rings (SSSR count). The fourth-order valence-electron chi connectivity index (χ4n) is 1.95. The van der Waals surface area contributed by atoms with Gasteiger partial charge in [0.2, 0.25) is 11.0 Å². The van der Waals surface area contributed by atoms with Crippen molar-refractivity contribution in [1.82, 2.24) is 25.4 Å². The van der Waals surface area contributed by atoms with Crippen LogP contribution in [0.2, 0.25) is 0 Å². The van der Waals surface area contributed by atoms with Crippen LogP contribution < -0.4 is 10.6 Å². The molecule has 2 aromatic heterocycles. The Morgan fingerprint density at radius 2 is 2.40 bits per heavy atom. The zero-order valence-electron chi connectivity index (χ0n) is 10.8. The van der Waals surface area contributed by atoms with Crippen molar-refractivity contribution in [2.75, 3.05) is 6.54 Å². The van der Waals surface area contributed by atoms with Crippen molar-refractivity contribution in [2.45, 2.75) is 19.4 Å². The van der Waals surface area contributed by atoms with Crippen molar-refractivity contribution < 1.29 is 9.59 Å². The van der Waals surface area contributed by atoms with Gasteiger partial charge >= 0.3 is 0 Å². The molecule has 8 heteroatoms. The first-order valence-electron chi connectivity index (χ1n) is 6.19. The second kappa shape index (κ2) is 5.04. The number of thiazole rings is 1. The van der Waals surface area contributed by atoms with Crippen LogP contribution in [0, 0.1) is 6.92 Å². The molecule has 0 unspecified atom stereocenters. The number of nitrogens with zero attached hydrogens (tertiary/aromatic N) is 3. The van der Waals surface area contributed by atoms with Crippen molar-refractivity contribution in [2.24, 2.45) is 0 Å². The van der Waals surface area contributed by atoms with E-state index in [4.69, 9.17) is 0 Å². The third kappa shape index (κ3) is 2.42. The van der Waals surface area contributed by atoms with Crippen molar-refractivity contribution >= 4 is 23.2 Å². The number of rotatable bonds is 3. The molecule has 104 valence electrons. The van der Waals surface area contributed by atoms with Crippen LogP contribution in [0.1, 0.15) is 21.7 Å². The van der Waals surface area contributed by atoms with Crippen LogP contribution in [0.3, 0.4) is 0 Å². The van der Waals surface area contributed by atoms with E-state index in [1.54, 1.807) is 10.9 Å². The zero-order chi connectivity index (χ0) is 14.1. The highest BCUT2D eigenvalue weighted by Gasteiger charge is 2.26. The predicted molar refractivity (Wildman–Crippen MR) is 72.9 cm³/mol. The molecular weight excluding hydrogens is 278 g/mol. The molecule has 0 aliphatic carbocycles. The fraction of sp³-hybridized carbons (Fsp3) is 0.333. The molecule has 0 spiro atoms. The standard InChI is InChI=1S/C12H13N5O2S/c1-7-4-15-17(6-7)12-14-5-9(20-12)11(19)16-8-2-3-13-10(8)18/h4-6,8H,2-3H2,1H3,(H,13,18)(H,16,19)/t8-/m0/s1. The van der Waals surface area contributed by atoms with Gasteiger partial charge < -0.3 is 10.6 Å². The molecule has 1 atom stereocenters. The van der Waals surface area contributed by atoms with Gasteiger partial charge in [-0.25, -0.2) is 9.67 Å². The molecule has 1 aliphatic heterocycles. The molecular formula is C12H13N5O2S. The van der Waals surface area contributed by atoms with Gasteiger partial charge in [0.25, 0.3) is 5.91 Å². The van der Waals surface area contributed by atoms with Crippen molar-refractivity contribution in [1.29, 1.82) is 0 Å². The van der Waals surface area contributed by atoms with Crippen molar-refractivity contribution in [3.63, 3.8) is 0 Å². The Labute approximate surface area is 119 Å². The van der Waals surface area contributed by atoms with Crippen LogP contribution in [-0.4, -0.2) is 39.2 Å². The second-order valence-corrected chi connectivity index (χ2v) is 5.58. The Kier molecular flexibility index (Phi) is 3.23. The smallest absolute Gasteiger partial charge is 0.263 e. The monoisotopic (exact) mass is 291 g/mol. The highest BCUT2D eigenvalue weighted by atomic mass is 32.1. The summed E-state index contributed by atoms with van der Waals surface area (Å²) < 4.78 is 1.62. The van der Waals surface area contributed by atoms with E-state index in [-0.39, 0.29) is 11.8 Å². The number of nitrogens with one attached hydrogen (secondary N) is 2. The Morgan fingerprint density at radius 1 is 1.55 bits per heavy atom. The first-order chi connectivity index (χ1) is 9.63. The van der Waals surface area contributed by atoms with Gasteiger partial charge in [-0.05, 0) is 18.9 Å². The highest BCUT2D eigenvalue weighted by Crippen LogP contribution is 2.17. The number of amides is 2. The summed E-state index contributed by atoms with van der Waals surface area (Å²) in [5, 5.41) is 10.2. The normalized spacial score (nSPS) is 18.1. The number of carbonyl (C=O) groups excluding carboxylic acids is 2. The Bertz CT molecular complexity index is 662. The molecule has 0 aromatic carbocycles. The van der Waals surface area contributed by atoms with Crippen LogP contribution in [0.25, 0.3) is 5.13 Å². The Balaban J connectivity index is 1.73. The van der Waals surface area contributed by atoms with Crippen LogP contribution in [0.5, 0.6) is 0 Å². The maximum absolute atomic E-state index is 12.0. The fourth-order valence-corrected chi connectivity index (χ4v) is 2.71. The SMILES string of the molecule is Cc1cnn(-c2ncc(C(=O)N[C@H]3CCNC3=O)s2)c1. The Morgan fingerprint density at radius 3 is 3.05 bits per heavy atom. The number of carbonyl (C=O) groups is 2. The van der Waals surface area contributed by atoms with E-state index in [0.29, 0.717) is 23.0 Å². The molecule has 0 radical (unpaired) electrons. The van der Waals surface area contributed by atoms with Crippen molar-refractivity contribution in [3.8, 4) is 5.13 Å². The third-order valence-electron chi connectivity index (χ3n) is 2.98. The van der Waals surface area contributed by atoms with E-state index in [2.05, 4.69) is 20.7 Å². The number of hydrogen-bond donors (Lipinski definition) is 2. The summed E-state index contributed by atoms with van der Waals surface area (Å²) in [5.41, 5.74) is 1.02. The first-order valence-corrected chi connectivity index (χ1v) is 7.01. The summed E-state index contributed by atoms with van der Waals surface area (Å²) in [6.45, 7) is 2.54. The molecule has 0 saturated carbocycles. The topological polar surface area (TPSA) is 88.9 Å². The van der Waals surface area contributed by atoms with E-state index < -0.39 is 6.04 Å². The summed E-state index contributed by atoms with van der Waals surface area (Å²) >= 11 is 1.24. The van der Waals surface area contributed by atoms with Crippen molar-refractivity contribution in [3.05, 3.63) is 29.0 Å². The summed E-state index contributed by atoms with van der Waals surface area (Å²) in [4.78, 5) is 28.1. The van der Waals surface area contributed by atoms with E-state index in [1.165, 1.54) is 17.5 Å². The molecule has 1 fully saturated rings. The number of hydrogen-bond acceptors (Lipinski definition) is 5. The molecule has 0 bridgehead atoms. The molecule has 2 aromatic rings. The first kappa shape index (κ1) is 12.8. The molecule has 3 heterocycles. The van der Waals surface area contributed by atoms with Gasteiger partial charge in [-0.3, -0.25) is 9.59 Å². The highest BCUT2D eigenvalue weighted by molar-refractivity contribution is 7.16. The molecule has 1 aliphatic rings. The average molecular weight is 291 g/mol. The quantitative estimate of drug-likeness (QED) is 0.848. The van der Waals surface area contributed by atoms with Crippen LogP contribution >= 0.6 is 11.3 Å². The lowest BCUT2D eigenvalue weighted by atomic mass is 10.2. The van der Waals surface area contributed by atoms with Gasteiger partial charge in [-0.1, -0.05) is 11.3 Å². The Hall–Kier alpha value is -2.22. The van der Waals surface area contributed by atoms with E-state index in [9.17, 15) is 9.59 Å². The second-order valence-electron chi connectivity index (χ2n) is 4.58. The van der Waals surface area contributed by atoms with Gasteiger partial charge in [0.05, 0.1) is 12.4 Å². The summed E-state index contributed by atoms with van der Waals surface area (Å²) in [7, 11) is 0. The summed E-state index contributed by atoms with van der Waals surface area (Å²) in [5.74, 6) is -0.412. The lowest BCUT2D eigenvalue weighted by Crippen LogP contribution is -2.39. The molecule has 20 heavy (non-hydrogen) atoms. The van der Waals surface area contributed by atoms with Crippen LogP contribution in [0.15, 0.2) is 18.6 Å². The van der Waals surface area contributed by atoms with Gasteiger partial charge in [0.15, 0.2) is 0 Å². The van der Waals surface area contributed by atoms with Gasteiger partial charge in [-0.15, -0.1) is 0 Å². The van der Waals surface area contributed by atoms with Crippen LogP contribution in [-0.2, 0) is 4.79 Å².